The van der Waals surface area contributed by atoms with Crippen LogP contribution in [0.2, 0.25) is 10.0 Å². The molecule has 8 heteroatoms. The minimum atomic E-state index is -0.343. The fraction of sp³-hybridized carbons (Fsp3) is 0.471. The number of halogens is 2. The summed E-state index contributed by atoms with van der Waals surface area (Å²) in [4.78, 5) is 37.0. The van der Waals surface area contributed by atoms with Crippen LogP contribution in [0.4, 0.5) is 5.69 Å². The molecule has 1 aliphatic carbocycles. The number of likely N-dealkylation sites (N-methyl/N-ethyl adjacent to an activating group) is 1. The third-order valence-electron chi connectivity index (χ3n) is 4.09. The molecule has 136 valence electrons. The summed E-state index contributed by atoms with van der Waals surface area (Å²) in [5.74, 6) is -0.0351. The van der Waals surface area contributed by atoms with Gasteiger partial charge in [0.1, 0.15) is 0 Å². The molecule has 2 atom stereocenters. The van der Waals surface area contributed by atoms with Crippen LogP contribution in [-0.2, 0) is 14.4 Å². The van der Waals surface area contributed by atoms with Crippen LogP contribution in [0.5, 0.6) is 0 Å². The number of hydrogen-bond acceptors (Lipinski definition) is 3. The van der Waals surface area contributed by atoms with Crippen LogP contribution in [0.1, 0.15) is 19.8 Å². The number of rotatable bonds is 7. The molecule has 1 aromatic rings. The van der Waals surface area contributed by atoms with Crippen molar-refractivity contribution in [2.75, 3.05) is 25.5 Å². The highest BCUT2D eigenvalue weighted by Crippen LogP contribution is 2.37. The van der Waals surface area contributed by atoms with Gasteiger partial charge in [0.15, 0.2) is 0 Å². The molecule has 2 unspecified atom stereocenters. The Hall–Kier alpha value is -1.79. The van der Waals surface area contributed by atoms with Gasteiger partial charge in [0.25, 0.3) is 0 Å². The van der Waals surface area contributed by atoms with Gasteiger partial charge < -0.3 is 15.5 Å². The summed E-state index contributed by atoms with van der Waals surface area (Å²) in [5, 5.41) is 6.14. The van der Waals surface area contributed by atoms with Crippen molar-refractivity contribution in [2.24, 2.45) is 11.8 Å². The van der Waals surface area contributed by atoms with Gasteiger partial charge in [-0.25, -0.2) is 0 Å². The summed E-state index contributed by atoms with van der Waals surface area (Å²) >= 11 is 11.7. The molecule has 1 aliphatic rings. The topological polar surface area (TPSA) is 78.5 Å². The number of benzene rings is 1. The predicted molar refractivity (Wildman–Crippen MR) is 97.6 cm³/mol. The standard InChI is InChI=1S/C17H21Cl2N3O3/c1-10-7-12(10)17(25)20-6-5-16(24)22(2)9-15(23)21-11-3-4-13(18)14(19)8-11/h3-4,8,10,12H,5-7,9H2,1-2H3,(H,20,25)(H,21,23). The number of anilines is 1. The molecular formula is C17H21Cl2N3O3. The van der Waals surface area contributed by atoms with Gasteiger partial charge in [0.2, 0.25) is 17.7 Å². The van der Waals surface area contributed by atoms with Crippen LogP contribution in [0, 0.1) is 11.8 Å². The predicted octanol–water partition coefficient (Wildman–Crippen LogP) is 2.55. The van der Waals surface area contributed by atoms with Gasteiger partial charge in [-0.15, -0.1) is 0 Å². The summed E-state index contributed by atoms with van der Waals surface area (Å²) in [7, 11) is 1.54. The van der Waals surface area contributed by atoms with Crippen molar-refractivity contribution in [3.63, 3.8) is 0 Å². The van der Waals surface area contributed by atoms with Crippen LogP contribution in [0.25, 0.3) is 0 Å². The van der Waals surface area contributed by atoms with Gasteiger partial charge >= 0.3 is 0 Å². The average Bonchev–Trinajstić information content (AvgIpc) is 3.27. The number of nitrogens with zero attached hydrogens (tertiary/aromatic N) is 1. The Bertz CT molecular complexity index is 681. The van der Waals surface area contributed by atoms with Crippen molar-refractivity contribution in [3.05, 3.63) is 28.2 Å². The summed E-state index contributed by atoms with van der Waals surface area (Å²) in [6.07, 6.45) is 1.07. The lowest BCUT2D eigenvalue weighted by atomic mass is 10.3. The van der Waals surface area contributed by atoms with E-state index in [0.717, 1.165) is 6.42 Å². The van der Waals surface area contributed by atoms with Crippen molar-refractivity contribution in [1.82, 2.24) is 10.2 Å². The number of carbonyl (C=O) groups excluding carboxylic acids is 3. The van der Waals surface area contributed by atoms with Gasteiger partial charge in [-0.3, -0.25) is 14.4 Å². The average molecular weight is 386 g/mol. The number of amides is 3. The molecule has 2 N–H and O–H groups in total. The lowest BCUT2D eigenvalue weighted by Crippen LogP contribution is -2.37. The zero-order valence-corrected chi connectivity index (χ0v) is 15.7. The highest BCUT2D eigenvalue weighted by Gasteiger charge is 2.38. The monoisotopic (exact) mass is 385 g/mol. The second-order valence-electron chi connectivity index (χ2n) is 6.29. The fourth-order valence-electron chi connectivity index (χ4n) is 2.38. The van der Waals surface area contributed by atoms with Crippen molar-refractivity contribution < 1.29 is 14.4 Å². The molecule has 3 amide bonds. The summed E-state index contributed by atoms with van der Waals surface area (Å²) in [6.45, 7) is 2.21. The van der Waals surface area contributed by atoms with E-state index in [1.54, 1.807) is 19.2 Å². The van der Waals surface area contributed by atoms with E-state index in [9.17, 15) is 14.4 Å². The number of hydrogen-bond donors (Lipinski definition) is 2. The fourth-order valence-corrected chi connectivity index (χ4v) is 2.68. The second-order valence-corrected chi connectivity index (χ2v) is 7.10. The lowest BCUT2D eigenvalue weighted by Gasteiger charge is -2.17. The van der Waals surface area contributed by atoms with E-state index < -0.39 is 0 Å². The summed E-state index contributed by atoms with van der Waals surface area (Å²) < 4.78 is 0. The molecule has 0 aliphatic heterocycles. The van der Waals surface area contributed by atoms with E-state index in [1.807, 2.05) is 6.92 Å². The number of carbonyl (C=O) groups is 3. The molecule has 25 heavy (non-hydrogen) atoms. The van der Waals surface area contributed by atoms with Gasteiger partial charge in [-0.05, 0) is 30.5 Å². The maximum absolute atomic E-state index is 12.0. The van der Waals surface area contributed by atoms with Crippen molar-refractivity contribution in [2.45, 2.75) is 19.8 Å². The molecule has 1 fully saturated rings. The van der Waals surface area contributed by atoms with Crippen molar-refractivity contribution in [3.8, 4) is 0 Å². The maximum Gasteiger partial charge on any atom is 0.243 e. The SMILES string of the molecule is CC1CC1C(=O)NCCC(=O)N(C)CC(=O)Nc1ccc(Cl)c(Cl)c1. The zero-order valence-electron chi connectivity index (χ0n) is 14.1. The van der Waals surface area contributed by atoms with E-state index in [1.165, 1.54) is 11.0 Å². The zero-order chi connectivity index (χ0) is 18.6. The second kappa shape index (κ2) is 8.54. The van der Waals surface area contributed by atoms with E-state index in [2.05, 4.69) is 10.6 Å². The normalized spacial score (nSPS) is 18.4. The largest absolute Gasteiger partial charge is 0.355 e. The first-order valence-corrected chi connectivity index (χ1v) is 8.80. The van der Waals surface area contributed by atoms with Crippen LogP contribution in [-0.4, -0.2) is 42.8 Å². The Morgan fingerprint density at radius 2 is 1.92 bits per heavy atom. The first kappa shape index (κ1) is 19.5. The van der Waals surface area contributed by atoms with Gasteiger partial charge in [0.05, 0.1) is 16.6 Å². The Balaban J connectivity index is 1.71. The highest BCUT2D eigenvalue weighted by molar-refractivity contribution is 6.42. The van der Waals surface area contributed by atoms with E-state index in [0.29, 0.717) is 21.7 Å². The molecule has 2 rings (SSSR count). The highest BCUT2D eigenvalue weighted by atomic mass is 35.5. The third kappa shape index (κ3) is 5.90. The minimum Gasteiger partial charge on any atom is -0.355 e. The smallest absolute Gasteiger partial charge is 0.243 e. The molecule has 0 saturated heterocycles. The molecule has 0 spiro atoms. The first-order chi connectivity index (χ1) is 11.8. The van der Waals surface area contributed by atoms with Crippen molar-refractivity contribution >= 4 is 46.6 Å². The molecule has 0 bridgehead atoms. The molecule has 0 heterocycles. The molecule has 1 aromatic carbocycles. The van der Waals surface area contributed by atoms with Gasteiger partial charge in [0, 0.05) is 31.6 Å². The van der Waals surface area contributed by atoms with E-state index >= 15 is 0 Å². The first-order valence-electron chi connectivity index (χ1n) is 8.04. The Kier molecular flexibility index (Phi) is 6.67. The number of nitrogens with one attached hydrogen (secondary N) is 2. The molecular weight excluding hydrogens is 365 g/mol. The Morgan fingerprint density at radius 1 is 1.24 bits per heavy atom. The van der Waals surface area contributed by atoms with Gasteiger partial charge in [-0.2, -0.15) is 0 Å². The van der Waals surface area contributed by atoms with E-state index in [-0.39, 0.29) is 43.1 Å². The maximum atomic E-state index is 12.0. The van der Waals surface area contributed by atoms with Crippen LogP contribution < -0.4 is 10.6 Å². The minimum absolute atomic E-state index is 0.000290. The molecule has 6 nitrogen and oxygen atoms in total. The molecule has 0 aromatic heterocycles. The van der Waals surface area contributed by atoms with Crippen LogP contribution in [0.3, 0.4) is 0 Å². The Morgan fingerprint density at radius 3 is 2.52 bits per heavy atom. The van der Waals surface area contributed by atoms with Crippen LogP contribution >= 0.6 is 23.2 Å². The summed E-state index contributed by atoms with van der Waals surface area (Å²) in [6, 6.07) is 4.75. The quantitative estimate of drug-likeness (QED) is 0.756. The van der Waals surface area contributed by atoms with Crippen LogP contribution in [0.15, 0.2) is 18.2 Å². The van der Waals surface area contributed by atoms with E-state index in [4.69, 9.17) is 23.2 Å². The lowest BCUT2D eigenvalue weighted by molar-refractivity contribution is -0.133. The summed E-state index contributed by atoms with van der Waals surface area (Å²) in [5.41, 5.74) is 0.506. The van der Waals surface area contributed by atoms with Crippen molar-refractivity contribution in [1.29, 1.82) is 0 Å². The van der Waals surface area contributed by atoms with Gasteiger partial charge in [-0.1, -0.05) is 30.1 Å². The molecule has 1 saturated carbocycles. The third-order valence-corrected chi connectivity index (χ3v) is 4.83. The molecule has 0 radical (unpaired) electrons. The Labute approximate surface area is 156 Å².